The molecular formula is C23H20O2. The van der Waals surface area contributed by atoms with Crippen molar-refractivity contribution in [1.29, 1.82) is 0 Å². The second-order valence-corrected chi connectivity index (χ2v) is 5.91. The summed E-state index contributed by atoms with van der Waals surface area (Å²) in [6, 6.07) is 25.4. The summed E-state index contributed by atoms with van der Waals surface area (Å²) < 4.78 is 5.76. The SMILES string of the molecule is Cc1cccc(C(=O)/C=C/c2ccc(OCc3ccccc3)cc2)c1. The second-order valence-electron chi connectivity index (χ2n) is 5.91. The van der Waals surface area contributed by atoms with Crippen LogP contribution in [0.2, 0.25) is 0 Å². The zero-order chi connectivity index (χ0) is 17.5. The normalized spacial score (nSPS) is 10.8. The van der Waals surface area contributed by atoms with Crippen LogP contribution in [0.1, 0.15) is 27.0 Å². The lowest BCUT2D eigenvalue weighted by Crippen LogP contribution is -1.95. The molecule has 0 amide bonds. The largest absolute Gasteiger partial charge is 0.489 e. The summed E-state index contributed by atoms with van der Waals surface area (Å²) in [6.07, 6.45) is 3.43. The van der Waals surface area contributed by atoms with Gasteiger partial charge in [-0.15, -0.1) is 0 Å². The summed E-state index contributed by atoms with van der Waals surface area (Å²) in [5, 5.41) is 0. The highest BCUT2D eigenvalue weighted by molar-refractivity contribution is 6.06. The van der Waals surface area contributed by atoms with Crippen molar-refractivity contribution >= 4 is 11.9 Å². The number of hydrogen-bond donors (Lipinski definition) is 0. The Morgan fingerprint density at radius 3 is 2.40 bits per heavy atom. The molecule has 0 radical (unpaired) electrons. The number of ether oxygens (including phenoxy) is 1. The highest BCUT2D eigenvalue weighted by Gasteiger charge is 2.01. The van der Waals surface area contributed by atoms with Crippen molar-refractivity contribution in [2.75, 3.05) is 0 Å². The molecule has 0 spiro atoms. The Morgan fingerprint density at radius 2 is 1.68 bits per heavy atom. The molecule has 0 aliphatic rings. The average Bonchev–Trinajstić information content (AvgIpc) is 2.66. The fourth-order valence-electron chi connectivity index (χ4n) is 2.48. The molecule has 2 nitrogen and oxygen atoms in total. The van der Waals surface area contributed by atoms with E-state index in [-0.39, 0.29) is 5.78 Å². The van der Waals surface area contributed by atoms with Gasteiger partial charge in [-0.2, -0.15) is 0 Å². The van der Waals surface area contributed by atoms with E-state index < -0.39 is 0 Å². The molecule has 3 aromatic rings. The lowest BCUT2D eigenvalue weighted by molar-refractivity contribution is 0.104. The molecule has 3 aromatic carbocycles. The zero-order valence-corrected chi connectivity index (χ0v) is 14.2. The summed E-state index contributed by atoms with van der Waals surface area (Å²) in [7, 11) is 0. The third-order valence-corrected chi connectivity index (χ3v) is 3.86. The Balaban J connectivity index is 1.59. The van der Waals surface area contributed by atoms with E-state index in [1.165, 1.54) is 0 Å². The molecule has 0 aliphatic heterocycles. The van der Waals surface area contributed by atoms with E-state index in [1.807, 2.05) is 91.9 Å². The Hall–Kier alpha value is -3.13. The Morgan fingerprint density at radius 1 is 0.920 bits per heavy atom. The monoisotopic (exact) mass is 328 g/mol. The van der Waals surface area contributed by atoms with Gasteiger partial charge in [-0.3, -0.25) is 4.79 Å². The molecule has 3 rings (SSSR count). The van der Waals surface area contributed by atoms with Crippen molar-refractivity contribution in [2.24, 2.45) is 0 Å². The number of rotatable bonds is 6. The number of carbonyl (C=O) groups is 1. The number of aryl methyl sites for hydroxylation is 1. The van der Waals surface area contributed by atoms with Gasteiger partial charge in [0.1, 0.15) is 12.4 Å². The third kappa shape index (κ3) is 4.92. The van der Waals surface area contributed by atoms with Gasteiger partial charge in [0, 0.05) is 5.56 Å². The molecule has 0 saturated heterocycles. The van der Waals surface area contributed by atoms with Gasteiger partial charge in [0.25, 0.3) is 0 Å². The van der Waals surface area contributed by atoms with Crippen LogP contribution in [0.15, 0.2) is 84.9 Å². The third-order valence-electron chi connectivity index (χ3n) is 3.86. The van der Waals surface area contributed by atoms with E-state index in [0.717, 1.165) is 22.4 Å². The summed E-state index contributed by atoms with van der Waals surface area (Å²) in [5.74, 6) is 0.819. The molecule has 0 bridgehead atoms. The maximum absolute atomic E-state index is 12.2. The fraction of sp³-hybridized carbons (Fsp3) is 0.0870. The van der Waals surface area contributed by atoms with Gasteiger partial charge in [-0.1, -0.05) is 72.3 Å². The van der Waals surface area contributed by atoms with E-state index in [9.17, 15) is 4.79 Å². The molecule has 0 saturated carbocycles. The minimum Gasteiger partial charge on any atom is -0.489 e. The molecule has 0 atom stereocenters. The van der Waals surface area contributed by atoms with Crippen molar-refractivity contribution < 1.29 is 9.53 Å². The van der Waals surface area contributed by atoms with Gasteiger partial charge >= 0.3 is 0 Å². The van der Waals surface area contributed by atoms with Gasteiger partial charge in [-0.25, -0.2) is 0 Å². The Kier molecular flexibility index (Phi) is 5.43. The van der Waals surface area contributed by atoms with Crippen LogP contribution in [0, 0.1) is 6.92 Å². The molecule has 0 N–H and O–H groups in total. The molecule has 124 valence electrons. The molecule has 25 heavy (non-hydrogen) atoms. The smallest absolute Gasteiger partial charge is 0.185 e. The van der Waals surface area contributed by atoms with Crippen LogP contribution < -0.4 is 4.74 Å². The number of carbonyl (C=O) groups excluding carboxylic acids is 1. The van der Waals surface area contributed by atoms with E-state index in [2.05, 4.69) is 0 Å². The first kappa shape index (κ1) is 16.7. The molecule has 0 aliphatic carbocycles. The van der Waals surface area contributed by atoms with Crippen molar-refractivity contribution in [1.82, 2.24) is 0 Å². The Labute approximate surface area is 148 Å². The maximum Gasteiger partial charge on any atom is 0.185 e. The van der Waals surface area contributed by atoms with Crippen molar-refractivity contribution in [3.8, 4) is 5.75 Å². The van der Waals surface area contributed by atoms with Crippen LogP contribution >= 0.6 is 0 Å². The van der Waals surface area contributed by atoms with Crippen LogP contribution in [0.4, 0.5) is 0 Å². The topological polar surface area (TPSA) is 26.3 Å². The molecule has 2 heteroatoms. The van der Waals surface area contributed by atoms with Gasteiger partial charge in [-0.05, 0) is 42.3 Å². The van der Waals surface area contributed by atoms with Crippen LogP contribution in [0.25, 0.3) is 6.08 Å². The average molecular weight is 328 g/mol. The van der Waals surface area contributed by atoms with Crippen LogP contribution in [-0.4, -0.2) is 5.78 Å². The van der Waals surface area contributed by atoms with Crippen molar-refractivity contribution in [3.63, 3.8) is 0 Å². The fourth-order valence-corrected chi connectivity index (χ4v) is 2.48. The predicted octanol–water partition coefficient (Wildman–Crippen LogP) is 5.47. The van der Waals surface area contributed by atoms with Gasteiger partial charge < -0.3 is 4.74 Å². The first-order valence-electron chi connectivity index (χ1n) is 8.26. The van der Waals surface area contributed by atoms with Crippen molar-refractivity contribution in [3.05, 3.63) is 107 Å². The Bertz CT molecular complexity index is 862. The highest BCUT2D eigenvalue weighted by atomic mass is 16.5. The minimum atomic E-state index is 0.00750. The lowest BCUT2D eigenvalue weighted by Gasteiger charge is -2.06. The van der Waals surface area contributed by atoms with Crippen LogP contribution in [0.3, 0.4) is 0 Å². The molecule has 0 fully saturated rings. The van der Waals surface area contributed by atoms with Gasteiger partial charge in [0.2, 0.25) is 0 Å². The summed E-state index contributed by atoms with van der Waals surface area (Å²) in [5.41, 5.74) is 3.89. The van der Waals surface area contributed by atoms with E-state index >= 15 is 0 Å². The molecule has 0 aromatic heterocycles. The number of allylic oxidation sites excluding steroid dienone is 1. The summed E-state index contributed by atoms with van der Waals surface area (Å²) >= 11 is 0. The highest BCUT2D eigenvalue weighted by Crippen LogP contribution is 2.15. The standard InChI is InChI=1S/C23H20O2/c1-18-6-5-9-21(16-18)23(24)15-12-19-10-13-22(14-11-19)25-17-20-7-3-2-4-8-20/h2-16H,17H2,1H3/b15-12+. The predicted molar refractivity (Wildman–Crippen MR) is 102 cm³/mol. The molecular weight excluding hydrogens is 308 g/mol. The van der Waals surface area contributed by atoms with E-state index in [4.69, 9.17) is 4.74 Å². The quantitative estimate of drug-likeness (QED) is 0.443. The number of hydrogen-bond acceptors (Lipinski definition) is 2. The van der Waals surface area contributed by atoms with Gasteiger partial charge in [0.15, 0.2) is 5.78 Å². The number of ketones is 1. The van der Waals surface area contributed by atoms with Gasteiger partial charge in [0.05, 0.1) is 0 Å². The van der Waals surface area contributed by atoms with E-state index in [1.54, 1.807) is 6.08 Å². The van der Waals surface area contributed by atoms with Crippen LogP contribution in [0.5, 0.6) is 5.75 Å². The lowest BCUT2D eigenvalue weighted by atomic mass is 10.1. The molecule has 0 unspecified atom stereocenters. The van der Waals surface area contributed by atoms with Crippen LogP contribution in [-0.2, 0) is 6.61 Å². The summed E-state index contributed by atoms with van der Waals surface area (Å²) in [4.78, 5) is 12.2. The zero-order valence-electron chi connectivity index (χ0n) is 14.2. The van der Waals surface area contributed by atoms with E-state index in [0.29, 0.717) is 12.2 Å². The minimum absolute atomic E-state index is 0.00750. The summed E-state index contributed by atoms with van der Waals surface area (Å²) in [6.45, 7) is 2.52. The number of benzene rings is 3. The first-order chi connectivity index (χ1) is 12.2. The van der Waals surface area contributed by atoms with Crippen molar-refractivity contribution in [2.45, 2.75) is 13.5 Å². The maximum atomic E-state index is 12.2. The second kappa shape index (κ2) is 8.11. The first-order valence-corrected chi connectivity index (χ1v) is 8.26. The molecule has 0 heterocycles.